The maximum absolute atomic E-state index is 12.3. The first-order chi connectivity index (χ1) is 11.7. The van der Waals surface area contributed by atoms with Crippen molar-refractivity contribution in [1.29, 1.82) is 0 Å². The summed E-state index contributed by atoms with van der Waals surface area (Å²) in [6.07, 6.45) is 0. The summed E-state index contributed by atoms with van der Waals surface area (Å²) in [6.45, 7) is 2.90. The molecule has 3 rings (SSSR count). The summed E-state index contributed by atoms with van der Waals surface area (Å²) in [5.41, 5.74) is 3.31. The molecule has 0 aliphatic rings. The molecule has 0 unspecified atom stereocenters. The van der Waals surface area contributed by atoms with Crippen molar-refractivity contribution < 1.29 is 4.79 Å². The Bertz CT molecular complexity index is 845. The second-order valence-electron chi connectivity index (χ2n) is 5.08. The molecule has 0 fully saturated rings. The van der Waals surface area contributed by atoms with Gasteiger partial charge in [-0.25, -0.2) is 4.98 Å². The summed E-state index contributed by atoms with van der Waals surface area (Å²) in [4.78, 5) is 16.8. The first-order valence-corrected chi connectivity index (χ1v) is 9.20. The Morgan fingerprint density at radius 3 is 2.62 bits per heavy atom. The molecule has 0 radical (unpaired) electrons. The first kappa shape index (κ1) is 16.7. The molecule has 0 saturated carbocycles. The van der Waals surface area contributed by atoms with Gasteiger partial charge in [-0.2, -0.15) is 0 Å². The number of amides is 1. The van der Waals surface area contributed by atoms with Crippen LogP contribution in [0, 0.1) is 0 Å². The minimum absolute atomic E-state index is 0.140. The highest BCUT2D eigenvalue weighted by atomic mass is 79.9. The number of hydrogen-bond donors (Lipinski definition) is 2. The van der Waals surface area contributed by atoms with Crippen molar-refractivity contribution in [3.05, 3.63) is 63.9 Å². The van der Waals surface area contributed by atoms with Crippen LogP contribution in [0.2, 0.25) is 0 Å². The van der Waals surface area contributed by atoms with Gasteiger partial charge in [0, 0.05) is 27.6 Å². The monoisotopic (exact) mass is 401 g/mol. The lowest BCUT2D eigenvalue weighted by Crippen LogP contribution is -2.12. The Balaban J connectivity index is 1.72. The van der Waals surface area contributed by atoms with Crippen LogP contribution in [0.15, 0.2) is 58.4 Å². The minimum atomic E-state index is -0.140. The molecule has 3 aromatic rings. The van der Waals surface area contributed by atoms with Crippen molar-refractivity contribution in [3.63, 3.8) is 0 Å². The fourth-order valence-electron chi connectivity index (χ4n) is 2.21. The average molecular weight is 402 g/mol. The Morgan fingerprint density at radius 1 is 1.17 bits per heavy atom. The van der Waals surface area contributed by atoms with E-state index in [1.54, 1.807) is 17.4 Å². The summed E-state index contributed by atoms with van der Waals surface area (Å²) in [6, 6.07) is 15.0. The van der Waals surface area contributed by atoms with E-state index < -0.39 is 0 Å². The lowest BCUT2D eigenvalue weighted by atomic mass is 10.1. The van der Waals surface area contributed by atoms with Crippen LogP contribution in [0.25, 0.3) is 11.3 Å². The zero-order chi connectivity index (χ0) is 16.9. The predicted octanol–water partition coefficient (Wildman–Crippen LogP) is 5.26. The summed E-state index contributed by atoms with van der Waals surface area (Å²) in [5.74, 6) is -0.140. The Morgan fingerprint density at radius 2 is 1.92 bits per heavy atom. The highest BCUT2D eigenvalue weighted by Crippen LogP contribution is 2.26. The number of hydrogen-bond acceptors (Lipinski definition) is 4. The number of rotatable bonds is 5. The van der Waals surface area contributed by atoms with E-state index in [1.807, 2.05) is 54.8 Å². The van der Waals surface area contributed by atoms with Crippen LogP contribution >= 0.6 is 27.3 Å². The van der Waals surface area contributed by atoms with E-state index in [4.69, 9.17) is 0 Å². The summed E-state index contributed by atoms with van der Waals surface area (Å²) < 4.78 is 0.776. The number of halogens is 1. The lowest BCUT2D eigenvalue weighted by molar-refractivity contribution is 0.102. The Kier molecular flexibility index (Phi) is 5.27. The van der Waals surface area contributed by atoms with Gasteiger partial charge in [0.1, 0.15) is 0 Å². The molecule has 4 nitrogen and oxygen atoms in total. The Hall–Kier alpha value is -2.18. The van der Waals surface area contributed by atoms with Gasteiger partial charge in [-0.1, -0.05) is 24.3 Å². The minimum Gasteiger partial charge on any atom is -0.362 e. The van der Waals surface area contributed by atoms with Crippen molar-refractivity contribution in [2.24, 2.45) is 0 Å². The number of nitrogens with zero attached hydrogens (tertiary/aromatic N) is 1. The standard InChI is InChI=1S/C18H16BrN3OS/c1-2-20-18-22-16(11-24-18)12-7-9-13(10-8-12)21-17(23)14-5-3-4-6-15(14)19/h3-11H,2H2,1H3,(H,20,22)(H,21,23). The van der Waals surface area contributed by atoms with Crippen molar-refractivity contribution in [2.45, 2.75) is 6.92 Å². The quantitative estimate of drug-likeness (QED) is 0.613. The third-order valence-corrected chi connectivity index (χ3v) is 4.88. The van der Waals surface area contributed by atoms with Crippen molar-refractivity contribution >= 4 is 44.0 Å². The highest BCUT2D eigenvalue weighted by Gasteiger charge is 2.10. The third-order valence-electron chi connectivity index (χ3n) is 3.39. The molecule has 1 amide bonds. The molecule has 1 heterocycles. The molecular formula is C18H16BrN3OS. The van der Waals surface area contributed by atoms with E-state index in [0.717, 1.165) is 33.1 Å². The van der Waals surface area contributed by atoms with E-state index in [1.165, 1.54) is 0 Å². The van der Waals surface area contributed by atoms with E-state index in [0.29, 0.717) is 5.56 Å². The summed E-state index contributed by atoms with van der Waals surface area (Å²) in [5, 5.41) is 9.04. The van der Waals surface area contributed by atoms with E-state index >= 15 is 0 Å². The zero-order valence-corrected chi connectivity index (χ0v) is 15.4. The molecule has 2 aromatic carbocycles. The van der Waals surface area contributed by atoms with Crippen LogP contribution in [-0.4, -0.2) is 17.4 Å². The zero-order valence-electron chi connectivity index (χ0n) is 13.0. The van der Waals surface area contributed by atoms with E-state index in [2.05, 4.69) is 31.5 Å². The van der Waals surface area contributed by atoms with Crippen molar-refractivity contribution in [2.75, 3.05) is 17.2 Å². The van der Waals surface area contributed by atoms with Crippen molar-refractivity contribution in [3.8, 4) is 11.3 Å². The van der Waals surface area contributed by atoms with Gasteiger partial charge in [-0.05, 0) is 47.1 Å². The van der Waals surface area contributed by atoms with Crippen LogP contribution in [0.3, 0.4) is 0 Å². The van der Waals surface area contributed by atoms with Gasteiger partial charge in [0.05, 0.1) is 11.3 Å². The van der Waals surface area contributed by atoms with Gasteiger partial charge >= 0.3 is 0 Å². The van der Waals surface area contributed by atoms with Gasteiger partial charge in [0.2, 0.25) is 0 Å². The topological polar surface area (TPSA) is 54.0 Å². The van der Waals surface area contributed by atoms with Crippen LogP contribution < -0.4 is 10.6 Å². The number of nitrogens with one attached hydrogen (secondary N) is 2. The molecule has 0 aliphatic heterocycles. The number of thiazole rings is 1. The van der Waals surface area contributed by atoms with Crippen LogP contribution in [0.5, 0.6) is 0 Å². The molecule has 2 N–H and O–H groups in total. The number of aromatic nitrogens is 1. The molecule has 0 spiro atoms. The molecule has 1 aromatic heterocycles. The molecular weight excluding hydrogens is 386 g/mol. The van der Waals surface area contributed by atoms with Crippen LogP contribution in [-0.2, 0) is 0 Å². The number of carbonyl (C=O) groups is 1. The smallest absolute Gasteiger partial charge is 0.256 e. The number of anilines is 2. The Labute approximate surface area is 153 Å². The fraction of sp³-hybridized carbons (Fsp3) is 0.111. The van der Waals surface area contributed by atoms with Gasteiger partial charge in [0.25, 0.3) is 5.91 Å². The number of benzene rings is 2. The lowest BCUT2D eigenvalue weighted by Gasteiger charge is -2.07. The molecule has 24 heavy (non-hydrogen) atoms. The molecule has 6 heteroatoms. The predicted molar refractivity (Wildman–Crippen MR) is 104 cm³/mol. The van der Waals surface area contributed by atoms with Gasteiger partial charge < -0.3 is 10.6 Å². The number of carbonyl (C=O) groups excluding carboxylic acids is 1. The van der Waals surface area contributed by atoms with Crippen LogP contribution in [0.4, 0.5) is 10.8 Å². The fourth-order valence-corrected chi connectivity index (χ4v) is 3.46. The summed E-state index contributed by atoms with van der Waals surface area (Å²) >= 11 is 4.98. The normalized spacial score (nSPS) is 10.4. The largest absolute Gasteiger partial charge is 0.362 e. The van der Waals surface area contributed by atoms with E-state index in [9.17, 15) is 4.79 Å². The summed E-state index contributed by atoms with van der Waals surface area (Å²) in [7, 11) is 0. The second-order valence-corrected chi connectivity index (χ2v) is 6.79. The van der Waals surface area contributed by atoms with Gasteiger partial charge in [-0.3, -0.25) is 4.79 Å². The van der Waals surface area contributed by atoms with E-state index in [-0.39, 0.29) is 5.91 Å². The molecule has 122 valence electrons. The molecule has 0 saturated heterocycles. The molecule has 0 atom stereocenters. The van der Waals surface area contributed by atoms with Gasteiger partial charge in [0.15, 0.2) is 5.13 Å². The average Bonchev–Trinajstić information content (AvgIpc) is 3.05. The molecule has 0 aliphatic carbocycles. The maximum atomic E-state index is 12.3. The maximum Gasteiger partial charge on any atom is 0.256 e. The third kappa shape index (κ3) is 3.83. The highest BCUT2D eigenvalue weighted by molar-refractivity contribution is 9.10. The van der Waals surface area contributed by atoms with Crippen LogP contribution in [0.1, 0.15) is 17.3 Å². The first-order valence-electron chi connectivity index (χ1n) is 7.53. The SMILES string of the molecule is CCNc1nc(-c2ccc(NC(=O)c3ccccc3Br)cc2)cs1. The van der Waals surface area contributed by atoms with Crippen molar-refractivity contribution in [1.82, 2.24) is 4.98 Å². The van der Waals surface area contributed by atoms with Gasteiger partial charge in [-0.15, -0.1) is 11.3 Å². The second kappa shape index (κ2) is 7.59. The molecule has 0 bridgehead atoms.